The molecular weight excluding hydrogens is 331 g/mol. The van der Waals surface area contributed by atoms with E-state index in [1.54, 1.807) is 0 Å². The molecule has 0 atom stereocenters. The summed E-state index contributed by atoms with van der Waals surface area (Å²) in [7, 11) is 0. The molecule has 0 bridgehead atoms. The van der Waals surface area contributed by atoms with Gasteiger partial charge in [0.15, 0.2) is 0 Å². The molecule has 2 N–H and O–H groups in total. The molecule has 0 unspecified atom stereocenters. The number of alkyl halides is 3. The van der Waals surface area contributed by atoms with E-state index in [9.17, 15) is 26.7 Å². The Morgan fingerprint density at radius 3 is 2.27 bits per heavy atom. The normalized spacial score (nSPS) is 11.4. The van der Waals surface area contributed by atoms with Crippen molar-refractivity contribution in [3.05, 3.63) is 58.2 Å². The molecule has 22 heavy (non-hydrogen) atoms. The van der Waals surface area contributed by atoms with Gasteiger partial charge in [-0.3, -0.25) is 0 Å². The number of rotatable bonds is 2. The monoisotopic (exact) mass is 337 g/mol. The first-order chi connectivity index (χ1) is 10.2. The highest BCUT2D eigenvalue weighted by Crippen LogP contribution is 2.31. The summed E-state index contributed by atoms with van der Waals surface area (Å²) < 4.78 is 64.3. The fourth-order valence-electron chi connectivity index (χ4n) is 1.62. The number of carbonyl (C=O) groups is 1. The van der Waals surface area contributed by atoms with Gasteiger partial charge in [-0.25, -0.2) is 23.9 Å². The van der Waals surface area contributed by atoms with Crippen LogP contribution in [-0.4, -0.2) is 5.91 Å². The quantitative estimate of drug-likeness (QED) is 0.834. The minimum atomic E-state index is -4.62. The topological polar surface area (TPSA) is 43.2 Å². The molecule has 1 aromatic carbocycles. The first-order valence-corrected chi connectivity index (χ1v) is 6.11. The number of aromatic amines is 1. The Hall–Kier alpha value is -2.22. The van der Waals surface area contributed by atoms with Crippen LogP contribution in [0.5, 0.6) is 0 Å². The highest BCUT2D eigenvalue weighted by molar-refractivity contribution is 6.33. The second-order valence-corrected chi connectivity index (χ2v) is 4.57. The summed E-state index contributed by atoms with van der Waals surface area (Å²) in [6, 6.07) is 3.39. The molecule has 1 heterocycles. The highest BCUT2D eigenvalue weighted by atomic mass is 35.5. The second-order valence-electron chi connectivity index (χ2n) is 4.16. The third-order valence-electron chi connectivity index (χ3n) is 2.65. The van der Waals surface area contributed by atoms with Crippen LogP contribution in [0.15, 0.2) is 30.5 Å². The van der Waals surface area contributed by atoms with Crippen molar-refractivity contribution >= 4 is 23.3 Å². The molecule has 0 aliphatic rings. The second kappa shape index (κ2) is 5.88. The van der Waals surface area contributed by atoms with Crippen LogP contribution in [0.25, 0.3) is 0 Å². The van der Waals surface area contributed by atoms with E-state index in [2.05, 4.69) is 4.98 Å². The summed E-state index contributed by atoms with van der Waals surface area (Å²) in [5, 5.41) is 1.55. The summed E-state index contributed by atoms with van der Waals surface area (Å²) in [6.45, 7) is 0. The fraction of sp³-hybridized carbons (Fsp3) is 0.0769. The van der Waals surface area contributed by atoms with Crippen LogP contribution in [0, 0.1) is 11.6 Å². The summed E-state index contributed by atoms with van der Waals surface area (Å²) >= 11 is 5.61. The van der Waals surface area contributed by atoms with Crippen LogP contribution in [0.3, 0.4) is 0 Å². The molecule has 1 amide bonds. The number of hydrogen-bond donors (Lipinski definition) is 1. The maximum atomic E-state index is 13.4. The Bertz CT molecular complexity index is 713. The van der Waals surface area contributed by atoms with Gasteiger partial charge in [-0.15, -0.1) is 0 Å². The van der Waals surface area contributed by atoms with E-state index in [1.807, 2.05) is 5.32 Å². The van der Waals surface area contributed by atoms with Crippen LogP contribution in [0.1, 0.15) is 15.9 Å². The average Bonchev–Trinajstić information content (AvgIpc) is 2.39. The molecule has 2 aromatic rings. The number of amides is 1. The zero-order chi connectivity index (χ0) is 16.5. The van der Waals surface area contributed by atoms with Gasteiger partial charge in [0, 0.05) is 0 Å². The lowest BCUT2D eigenvalue weighted by atomic mass is 10.2. The first-order valence-electron chi connectivity index (χ1n) is 5.74. The van der Waals surface area contributed by atoms with Crippen molar-refractivity contribution in [3.63, 3.8) is 0 Å². The Morgan fingerprint density at radius 1 is 1.18 bits per heavy atom. The number of anilines is 1. The van der Waals surface area contributed by atoms with Crippen molar-refractivity contribution in [3.8, 4) is 0 Å². The van der Waals surface area contributed by atoms with E-state index in [-0.39, 0.29) is 5.82 Å². The Kier molecular flexibility index (Phi) is 4.32. The van der Waals surface area contributed by atoms with E-state index in [4.69, 9.17) is 11.6 Å². The van der Waals surface area contributed by atoms with Gasteiger partial charge >= 0.3 is 12.1 Å². The van der Waals surface area contributed by atoms with Crippen LogP contribution >= 0.6 is 11.6 Å². The van der Waals surface area contributed by atoms with E-state index in [0.29, 0.717) is 12.3 Å². The van der Waals surface area contributed by atoms with E-state index >= 15 is 0 Å². The Balaban J connectivity index is 2.30. The molecule has 0 spiro atoms. The van der Waals surface area contributed by atoms with Crippen LogP contribution in [0.4, 0.5) is 27.8 Å². The average molecular weight is 338 g/mol. The largest absolute Gasteiger partial charge is 0.419 e. The van der Waals surface area contributed by atoms with Gasteiger partial charge in [0.1, 0.15) is 28.4 Å². The summed E-state index contributed by atoms with van der Waals surface area (Å²) in [5.41, 5.74) is -1.93. The molecule has 3 nitrogen and oxygen atoms in total. The van der Waals surface area contributed by atoms with Gasteiger partial charge < -0.3 is 0 Å². The standard InChI is InChI=1S/C13H6ClF5N2O/c14-7-4-6(13(17,18)19)5-20-11(7)21-12(22)10-8(15)2-1-3-9(10)16/h1-5H,(H,20,21,22)/p+1. The maximum Gasteiger partial charge on any atom is 0.419 e. The lowest BCUT2D eigenvalue weighted by Crippen LogP contribution is -2.23. The van der Waals surface area contributed by atoms with Crippen molar-refractivity contribution < 1.29 is 31.7 Å². The van der Waals surface area contributed by atoms with Crippen LogP contribution < -0.4 is 10.3 Å². The Morgan fingerprint density at radius 2 is 1.77 bits per heavy atom. The predicted molar refractivity (Wildman–Crippen MR) is 67.3 cm³/mol. The minimum absolute atomic E-state index is 0.317. The van der Waals surface area contributed by atoms with Gasteiger partial charge in [-0.2, -0.15) is 13.2 Å². The number of carbonyl (C=O) groups excluding carboxylic acids is 1. The fourth-order valence-corrected chi connectivity index (χ4v) is 1.84. The van der Waals surface area contributed by atoms with E-state index in [1.165, 1.54) is 0 Å². The van der Waals surface area contributed by atoms with Gasteiger partial charge in [0.05, 0.1) is 5.56 Å². The van der Waals surface area contributed by atoms with Gasteiger partial charge in [0.25, 0.3) is 5.82 Å². The number of hydrogen-bond acceptors (Lipinski definition) is 1. The van der Waals surface area contributed by atoms with E-state index in [0.717, 1.165) is 18.2 Å². The first kappa shape index (κ1) is 16.2. The SMILES string of the molecule is O=C(Nc1[nH+]cc(C(F)(F)F)cc1Cl)c1c(F)cccc1F. The summed E-state index contributed by atoms with van der Waals surface area (Å²) in [6.07, 6.45) is -4.06. The molecule has 9 heteroatoms. The zero-order valence-electron chi connectivity index (χ0n) is 10.6. The third-order valence-corrected chi connectivity index (χ3v) is 2.95. The smallest absolute Gasteiger partial charge is 0.245 e. The predicted octanol–water partition coefficient (Wildman–Crippen LogP) is 3.70. The molecule has 116 valence electrons. The van der Waals surface area contributed by atoms with Crippen molar-refractivity contribution in [1.82, 2.24) is 0 Å². The summed E-state index contributed by atoms with van der Waals surface area (Å²) in [4.78, 5) is 13.9. The number of aromatic nitrogens is 1. The van der Waals surface area contributed by atoms with Crippen molar-refractivity contribution in [2.75, 3.05) is 5.32 Å². The Labute approximate surface area is 125 Å². The molecule has 0 saturated heterocycles. The molecule has 0 aliphatic heterocycles. The van der Waals surface area contributed by atoms with Crippen molar-refractivity contribution in [1.29, 1.82) is 0 Å². The number of benzene rings is 1. The summed E-state index contributed by atoms with van der Waals surface area (Å²) in [5.74, 6) is -3.73. The number of H-pyrrole nitrogens is 1. The van der Waals surface area contributed by atoms with E-state index < -0.39 is 39.9 Å². The van der Waals surface area contributed by atoms with Crippen molar-refractivity contribution in [2.45, 2.75) is 6.18 Å². The number of pyridine rings is 1. The zero-order valence-corrected chi connectivity index (χ0v) is 11.3. The molecule has 0 radical (unpaired) electrons. The van der Waals surface area contributed by atoms with Crippen LogP contribution in [0.2, 0.25) is 5.02 Å². The minimum Gasteiger partial charge on any atom is -0.245 e. The lowest BCUT2D eigenvalue weighted by molar-refractivity contribution is -0.364. The third kappa shape index (κ3) is 3.33. The maximum absolute atomic E-state index is 13.4. The molecular formula is C13H7ClF5N2O+. The van der Waals surface area contributed by atoms with Crippen LogP contribution in [-0.2, 0) is 6.18 Å². The molecule has 2 rings (SSSR count). The van der Waals surface area contributed by atoms with Gasteiger partial charge in [-0.05, 0) is 18.2 Å². The molecule has 0 fully saturated rings. The van der Waals surface area contributed by atoms with Gasteiger partial charge in [0.2, 0.25) is 0 Å². The van der Waals surface area contributed by atoms with Gasteiger partial charge in [-0.1, -0.05) is 17.7 Å². The molecule has 1 aromatic heterocycles. The number of nitrogens with one attached hydrogen (secondary N) is 2. The highest BCUT2D eigenvalue weighted by Gasteiger charge is 2.33. The van der Waals surface area contributed by atoms with Crippen molar-refractivity contribution in [2.24, 2.45) is 0 Å². The lowest BCUT2D eigenvalue weighted by Gasteiger charge is -2.06. The number of halogens is 6. The molecule has 0 saturated carbocycles. The molecule has 0 aliphatic carbocycles.